The highest BCUT2D eigenvalue weighted by atomic mass is 16.3. The van der Waals surface area contributed by atoms with Gasteiger partial charge in [-0.15, -0.1) is 0 Å². The normalized spacial score (nSPS) is 11.1. The number of aliphatic hydroxyl groups excluding tert-OH is 1. The molecule has 0 aliphatic heterocycles. The molecule has 0 fully saturated rings. The van der Waals surface area contributed by atoms with Crippen LogP contribution in [0, 0.1) is 0 Å². The number of H-pyrrole nitrogens is 1. The molecule has 98 valence electrons. The van der Waals surface area contributed by atoms with E-state index in [9.17, 15) is 9.59 Å². The summed E-state index contributed by atoms with van der Waals surface area (Å²) in [4.78, 5) is 31.6. The van der Waals surface area contributed by atoms with E-state index in [-0.39, 0.29) is 18.7 Å². The number of anilines is 1. The highest BCUT2D eigenvalue weighted by Gasteiger charge is 2.17. The van der Waals surface area contributed by atoms with E-state index in [1.54, 1.807) is 23.6 Å². The number of aromatic amines is 1. The monoisotopic (exact) mass is 253 g/mol. The Morgan fingerprint density at radius 1 is 1.39 bits per heavy atom. The van der Waals surface area contributed by atoms with Crippen LogP contribution in [0.15, 0.2) is 9.59 Å². The Morgan fingerprint density at radius 2 is 2.06 bits per heavy atom. The van der Waals surface area contributed by atoms with Crippen LogP contribution in [0.1, 0.15) is 0 Å². The zero-order chi connectivity index (χ0) is 13.4. The number of nitrogens with one attached hydrogen (secondary N) is 1. The summed E-state index contributed by atoms with van der Waals surface area (Å²) in [5, 5.41) is 9.07. The summed E-state index contributed by atoms with van der Waals surface area (Å²) in [6.45, 7) is 0.125. The largest absolute Gasteiger partial charge is 0.395 e. The van der Waals surface area contributed by atoms with Crippen molar-refractivity contribution in [2.45, 2.75) is 6.54 Å². The number of aryl methyl sites for hydroxylation is 1. The average Bonchev–Trinajstić information content (AvgIpc) is 2.67. The number of aliphatic hydroxyl groups is 1. The third-order valence-corrected chi connectivity index (χ3v) is 2.71. The first-order valence-corrected chi connectivity index (χ1v) is 5.45. The molecule has 2 rings (SSSR count). The molecule has 0 atom stereocenters. The van der Waals surface area contributed by atoms with Crippen molar-refractivity contribution in [3.63, 3.8) is 0 Å². The van der Waals surface area contributed by atoms with Gasteiger partial charge < -0.3 is 14.6 Å². The molecule has 18 heavy (non-hydrogen) atoms. The number of hydrogen-bond donors (Lipinski definition) is 2. The van der Waals surface area contributed by atoms with Crippen molar-refractivity contribution < 1.29 is 5.11 Å². The van der Waals surface area contributed by atoms with Crippen LogP contribution in [0.4, 0.5) is 5.95 Å². The van der Waals surface area contributed by atoms with E-state index in [0.29, 0.717) is 11.6 Å². The number of aromatic nitrogens is 4. The third-order valence-electron chi connectivity index (χ3n) is 2.71. The van der Waals surface area contributed by atoms with E-state index >= 15 is 0 Å². The summed E-state index contributed by atoms with van der Waals surface area (Å²) in [7, 11) is 5.10. The Labute approximate surface area is 102 Å². The second-order valence-corrected chi connectivity index (χ2v) is 4.17. The molecule has 8 heteroatoms. The number of nitrogens with zero attached hydrogens (tertiary/aromatic N) is 4. The Bertz CT molecular complexity index is 694. The first-order valence-electron chi connectivity index (χ1n) is 5.45. The summed E-state index contributed by atoms with van der Waals surface area (Å²) in [6.07, 6.45) is 0. The van der Waals surface area contributed by atoms with E-state index in [2.05, 4.69) is 9.97 Å². The summed E-state index contributed by atoms with van der Waals surface area (Å²) in [5.41, 5.74) is -0.413. The number of imidazole rings is 1. The number of rotatable bonds is 3. The Hall–Kier alpha value is -2.09. The van der Waals surface area contributed by atoms with Gasteiger partial charge in [0, 0.05) is 27.7 Å². The smallest absolute Gasteiger partial charge is 0.329 e. The van der Waals surface area contributed by atoms with Gasteiger partial charge in [-0.2, -0.15) is 4.98 Å². The van der Waals surface area contributed by atoms with Crippen LogP contribution < -0.4 is 16.1 Å². The SMILES string of the molecule is CN(C)c1nc2c(c(=O)[nH]c(=O)n2C)n1CCO. The van der Waals surface area contributed by atoms with Gasteiger partial charge in [0.15, 0.2) is 11.2 Å². The average molecular weight is 253 g/mol. The van der Waals surface area contributed by atoms with Crippen molar-refractivity contribution in [1.29, 1.82) is 0 Å². The van der Waals surface area contributed by atoms with Gasteiger partial charge in [0.1, 0.15) is 0 Å². The van der Waals surface area contributed by atoms with Crippen molar-refractivity contribution in [3.8, 4) is 0 Å². The fraction of sp³-hybridized carbons (Fsp3) is 0.500. The maximum atomic E-state index is 11.9. The van der Waals surface area contributed by atoms with Crippen molar-refractivity contribution in [2.75, 3.05) is 25.6 Å². The molecule has 0 saturated heterocycles. The Morgan fingerprint density at radius 3 is 2.61 bits per heavy atom. The molecular weight excluding hydrogens is 238 g/mol. The summed E-state index contributed by atoms with van der Waals surface area (Å²) >= 11 is 0. The van der Waals surface area contributed by atoms with Crippen LogP contribution in [0.3, 0.4) is 0 Å². The van der Waals surface area contributed by atoms with E-state index in [1.165, 1.54) is 11.6 Å². The lowest BCUT2D eigenvalue weighted by Crippen LogP contribution is -2.29. The van der Waals surface area contributed by atoms with Gasteiger partial charge >= 0.3 is 5.69 Å². The lowest BCUT2D eigenvalue weighted by atomic mass is 10.5. The molecule has 0 aliphatic carbocycles. The van der Waals surface area contributed by atoms with Crippen LogP contribution in [-0.2, 0) is 13.6 Å². The molecule has 0 unspecified atom stereocenters. The predicted octanol–water partition coefficient (Wildman–Crippen LogP) is -1.52. The van der Waals surface area contributed by atoms with Gasteiger partial charge in [-0.1, -0.05) is 0 Å². The van der Waals surface area contributed by atoms with E-state index in [4.69, 9.17) is 5.11 Å². The van der Waals surface area contributed by atoms with Gasteiger partial charge in [-0.25, -0.2) is 4.79 Å². The van der Waals surface area contributed by atoms with Gasteiger partial charge in [0.25, 0.3) is 5.56 Å². The maximum absolute atomic E-state index is 11.9. The molecule has 0 bridgehead atoms. The molecule has 0 saturated carbocycles. The fourth-order valence-electron chi connectivity index (χ4n) is 1.88. The van der Waals surface area contributed by atoms with Crippen molar-refractivity contribution in [1.82, 2.24) is 19.1 Å². The second kappa shape index (κ2) is 4.30. The second-order valence-electron chi connectivity index (χ2n) is 4.17. The van der Waals surface area contributed by atoms with Gasteiger partial charge in [0.05, 0.1) is 6.61 Å². The van der Waals surface area contributed by atoms with Crippen LogP contribution in [0.5, 0.6) is 0 Å². The van der Waals surface area contributed by atoms with Gasteiger partial charge in [-0.3, -0.25) is 14.3 Å². The fourth-order valence-corrected chi connectivity index (χ4v) is 1.88. The quantitative estimate of drug-likeness (QED) is 0.692. The molecular formula is C10H15N5O3. The maximum Gasteiger partial charge on any atom is 0.329 e. The van der Waals surface area contributed by atoms with Crippen molar-refractivity contribution in [3.05, 3.63) is 20.8 Å². The van der Waals surface area contributed by atoms with Gasteiger partial charge in [-0.05, 0) is 0 Å². The minimum atomic E-state index is -0.508. The van der Waals surface area contributed by atoms with Gasteiger partial charge in [0.2, 0.25) is 5.95 Å². The molecule has 0 amide bonds. The molecule has 2 heterocycles. The molecule has 2 aromatic rings. The summed E-state index contributed by atoms with van der Waals surface area (Å²) in [6, 6.07) is 0. The molecule has 0 radical (unpaired) electrons. The molecule has 0 spiro atoms. The third kappa shape index (κ3) is 1.70. The number of fused-ring (bicyclic) bond motifs is 1. The van der Waals surface area contributed by atoms with Crippen molar-refractivity contribution >= 4 is 17.1 Å². The molecule has 2 N–H and O–H groups in total. The summed E-state index contributed by atoms with van der Waals surface area (Å²) < 4.78 is 2.87. The lowest BCUT2D eigenvalue weighted by molar-refractivity contribution is 0.278. The van der Waals surface area contributed by atoms with E-state index in [0.717, 1.165) is 0 Å². The predicted molar refractivity (Wildman–Crippen MR) is 67.0 cm³/mol. The van der Waals surface area contributed by atoms with E-state index in [1.807, 2.05) is 0 Å². The molecule has 0 aromatic carbocycles. The topological polar surface area (TPSA) is 96.2 Å². The van der Waals surface area contributed by atoms with Crippen LogP contribution in [0.2, 0.25) is 0 Å². The van der Waals surface area contributed by atoms with Crippen LogP contribution in [-0.4, -0.2) is 44.9 Å². The highest BCUT2D eigenvalue weighted by molar-refractivity contribution is 5.74. The zero-order valence-corrected chi connectivity index (χ0v) is 10.5. The minimum absolute atomic E-state index is 0.116. The molecule has 8 nitrogen and oxygen atoms in total. The van der Waals surface area contributed by atoms with Crippen LogP contribution in [0.25, 0.3) is 11.2 Å². The first kappa shape index (κ1) is 12.4. The minimum Gasteiger partial charge on any atom is -0.395 e. The molecule has 2 aromatic heterocycles. The Balaban J connectivity index is 2.93. The molecule has 0 aliphatic rings. The first-order chi connectivity index (χ1) is 8.47. The van der Waals surface area contributed by atoms with Crippen molar-refractivity contribution in [2.24, 2.45) is 7.05 Å². The zero-order valence-electron chi connectivity index (χ0n) is 10.5. The summed E-state index contributed by atoms with van der Waals surface area (Å²) in [5.74, 6) is 0.519. The lowest BCUT2D eigenvalue weighted by Gasteiger charge is -2.13. The Kier molecular flexibility index (Phi) is 2.95. The number of hydrogen-bond acceptors (Lipinski definition) is 5. The highest BCUT2D eigenvalue weighted by Crippen LogP contribution is 2.16. The van der Waals surface area contributed by atoms with E-state index < -0.39 is 11.2 Å². The standard InChI is InChI=1S/C10H15N5O3/c1-13(2)9-11-7-6(15(9)4-5-16)8(17)12-10(18)14(7)3/h16H,4-5H2,1-3H3,(H,12,17,18). The van der Waals surface area contributed by atoms with Crippen LogP contribution >= 0.6 is 0 Å².